The fraction of sp³-hybridized carbons (Fsp3) is 0.100. The first-order chi connectivity index (χ1) is 6.68. The Kier molecular flexibility index (Phi) is 2.23. The summed E-state index contributed by atoms with van der Waals surface area (Å²) in [6.45, 7) is 1.98. The number of aryl methyl sites for hydroxylation is 1. The molecule has 0 unspecified atom stereocenters. The second-order valence-electron chi connectivity index (χ2n) is 3.29. The normalized spacial score (nSPS) is 10.5. The van der Waals surface area contributed by atoms with E-state index in [0.717, 1.165) is 16.5 Å². The van der Waals surface area contributed by atoms with E-state index in [2.05, 4.69) is 4.98 Å². The first-order valence-corrected chi connectivity index (χ1v) is 4.40. The molecule has 4 heteroatoms. The Bertz CT molecular complexity index is 471. The van der Waals surface area contributed by atoms with Gasteiger partial charge in [-0.2, -0.15) is 0 Å². The van der Waals surface area contributed by atoms with Crippen LogP contribution in [0.25, 0.3) is 10.9 Å². The highest BCUT2D eigenvalue weighted by Crippen LogP contribution is 2.11. The summed E-state index contributed by atoms with van der Waals surface area (Å²) in [5.41, 5.74) is 2.39. The van der Waals surface area contributed by atoms with Crippen LogP contribution in [0.1, 0.15) is 5.56 Å². The topological polar surface area (TPSA) is 53.4 Å². The maximum Gasteiger partial charge on any atom is 0.489 e. The van der Waals surface area contributed by atoms with Crippen molar-refractivity contribution >= 4 is 23.5 Å². The fourth-order valence-corrected chi connectivity index (χ4v) is 1.51. The van der Waals surface area contributed by atoms with E-state index in [-0.39, 0.29) is 0 Å². The molecule has 70 valence electrons. The molecule has 2 aromatic rings. The van der Waals surface area contributed by atoms with E-state index in [1.165, 1.54) is 0 Å². The summed E-state index contributed by atoms with van der Waals surface area (Å²) >= 11 is 0. The van der Waals surface area contributed by atoms with Gasteiger partial charge in [-0.15, -0.1) is 0 Å². The molecule has 0 saturated carbocycles. The van der Waals surface area contributed by atoms with Gasteiger partial charge in [0.25, 0.3) is 0 Å². The van der Waals surface area contributed by atoms with Crippen molar-refractivity contribution in [3.63, 3.8) is 0 Å². The number of benzene rings is 1. The third-order valence-corrected chi connectivity index (χ3v) is 2.21. The molecule has 0 amide bonds. The van der Waals surface area contributed by atoms with Crippen molar-refractivity contribution in [2.75, 3.05) is 0 Å². The van der Waals surface area contributed by atoms with Crippen LogP contribution < -0.4 is 5.46 Å². The van der Waals surface area contributed by atoms with Crippen LogP contribution in [-0.4, -0.2) is 22.2 Å². The van der Waals surface area contributed by atoms with Crippen molar-refractivity contribution in [1.29, 1.82) is 0 Å². The summed E-state index contributed by atoms with van der Waals surface area (Å²) in [7, 11) is -1.44. The van der Waals surface area contributed by atoms with E-state index in [0.29, 0.717) is 5.46 Å². The number of pyridine rings is 1. The van der Waals surface area contributed by atoms with Gasteiger partial charge in [0.05, 0.1) is 5.52 Å². The largest absolute Gasteiger partial charge is 0.489 e. The Morgan fingerprint density at radius 1 is 1.21 bits per heavy atom. The summed E-state index contributed by atoms with van der Waals surface area (Å²) in [5.74, 6) is 0. The zero-order valence-corrected chi connectivity index (χ0v) is 7.81. The van der Waals surface area contributed by atoms with Crippen molar-refractivity contribution in [3.8, 4) is 0 Å². The predicted octanol–water partition coefficient (Wildman–Crippen LogP) is 0.223. The molecule has 14 heavy (non-hydrogen) atoms. The molecule has 1 heterocycles. The third-order valence-electron chi connectivity index (χ3n) is 2.21. The van der Waals surface area contributed by atoms with Crippen LogP contribution in [0.5, 0.6) is 0 Å². The van der Waals surface area contributed by atoms with E-state index in [4.69, 9.17) is 10.0 Å². The molecule has 0 aliphatic rings. The molecule has 0 aliphatic heterocycles. The summed E-state index contributed by atoms with van der Waals surface area (Å²) < 4.78 is 0. The molecule has 3 nitrogen and oxygen atoms in total. The molecule has 1 aromatic heterocycles. The summed E-state index contributed by atoms with van der Waals surface area (Å²) in [4.78, 5) is 4.16. The van der Waals surface area contributed by atoms with E-state index in [1.807, 2.05) is 25.1 Å². The lowest BCUT2D eigenvalue weighted by Crippen LogP contribution is -2.30. The smallest absolute Gasteiger partial charge is 0.423 e. The SMILES string of the molecule is Cc1ccc2c(B(O)O)ccnc2c1. The number of fused-ring (bicyclic) bond motifs is 1. The maximum atomic E-state index is 9.12. The van der Waals surface area contributed by atoms with Crippen LogP contribution in [-0.2, 0) is 0 Å². The lowest BCUT2D eigenvalue weighted by atomic mass is 9.78. The number of hydrogen-bond acceptors (Lipinski definition) is 3. The first kappa shape index (κ1) is 9.18. The minimum absolute atomic E-state index is 0.495. The highest BCUT2D eigenvalue weighted by Gasteiger charge is 2.14. The second-order valence-corrected chi connectivity index (χ2v) is 3.29. The molecule has 0 atom stereocenters. The highest BCUT2D eigenvalue weighted by molar-refractivity contribution is 6.61. The van der Waals surface area contributed by atoms with Gasteiger partial charge in [-0.05, 0) is 35.5 Å². The number of rotatable bonds is 1. The Morgan fingerprint density at radius 2 is 2.00 bits per heavy atom. The average Bonchev–Trinajstić information content (AvgIpc) is 2.16. The summed E-state index contributed by atoms with van der Waals surface area (Å²) in [6, 6.07) is 7.31. The van der Waals surface area contributed by atoms with Crippen molar-refractivity contribution in [2.24, 2.45) is 0 Å². The van der Waals surface area contributed by atoms with Crippen LogP contribution >= 0.6 is 0 Å². The molecule has 0 aliphatic carbocycles. The monoisotopic (exact) mass is 187 g/mol. The van der Waals surface area contributed by atoms with Gasteiger partial charge in [0.2, 0.25) is 0 Å². The summed E-state index contributed by atoms with van der Waals surface area (Å²) in [5, 5.41) is 19.0. The van der Waals surface area contributed by atoms with Gasteiger partial charge in [0, 0.05) is 6.20 Å². The number of hydrogen-bond donors (Lipinski definition) is 2. The van der Waals surface area contributed by atoms with E-state index in [1.54, 1.807) is 12.3 Å². The van der Waals surface area contributed by atoms with Crippen LogP contribution in [0.4, 0.5) is 0 Å². The first-order valence-electron chi connectivity index (χ1n) is 4.40. The molecule has 0 saturated heterocycles. The van der Waals surface area contributed by atoms with E-state index in [9.17, 15) is 0 Å². The van der Waals surface area contributed by atoms with Crippen LogP contribution in [0.2, 0.25) is 0 Å². The van der Waals surface area contributed by atoms with Crippen molar-refractivity contribution in [3.05, 3.63) is 36.0 Å². The average molecular weight is 187 g/mol. The molecule has 0 bridgehead atoms. The lowest BCUT2D eigenvalue weighted by molar-refractivity contribution is 0.426. The third kappa shape index (κ3) is 1.50. The van der Waals surface area contributed by atoms with Crippen LogP contribution in [0.15, 0.2) is 30.5 Å². The Balaban J connectivity index is 2.75. The molecule has 0 radical (unpaired) electrons. The number of nitrogens with zero attached hydrogens (tertiary/aromatic N) is 1. The molecule has 1 aromatic carbocycles. The highest BCUT2D eigenvalue weighted by atomic mass is 16.4. The molecule has 2 rings (SSSR count). The van der Waals surface area contributed by atoms with Gasteiger partial charge in [0.15, 0.2) is 0 Å². The molecule has 0 fully saturated rings. The molecule has 0 spiro atoms. The fourth-order valence-electron chi connectivity index (χ4n) is 1.51. The summed E-state index contributed by atoms with van der Waals surface area (Å²) in [6.07, 6.45) is 1.58. The van der Waals surface area contributed by atoms with Gasteiger partial charge >= 0.3 is 7.12 Å². The van der Waals surface area contributed by atoms with Gasteiger partial charge in [-0.3, -0.25) is 4.98 Å². The zero-order chi connectivity index (χ0) is 10.1. The predicted molar refractivity (Wildman–Crippen MR) is 56.3 cm³/mol. The van der Waals surface area contributed by atoms with E-state index >= 15 is 0 Å². The van der Waals surface area contributed by atoms with Crippen molar-refractivity contribution in [1.82, 2.24) is 4.98 Å². The second kappa shape index (κ2) is 3.40. The minimum atomic E-state index is -1.44. The standard InChI is InChI=1S/C10H10BNO2/c1-7-2-3-8-9(11(13)14)4-5-12-10(8)6-7/h2-6,13-14H,1H3. The minimum Gasteiger partial charge on any atom is -0.423 e. The van der Waals surface area contributed by atoms with Crippen LogP contribution in [0, 0.1) is 6.92 Å². The Hall–Kier alpha value is -1.39. The Morgan fingerprint density at radius 3 is 2.71 bits per heavy atom. The molecular formula is C10H10BNO2. The number of aromatic nitrogens is 1. The quantitative estimate of drug-likeness (QED) is 0.628. The van der Waals surface area contributed by atoms with Gasteiger partial charge in [-0.1, -0.05) is 12.1 Å². The Labute approximate surface area is 82.2 Å². The zero-order valence-electron chi connectivity index (χ0n) is 7.81. The van der Waals surface area contributed by atoms with Crippen molar-refractivity contribution in [2.45, 2.75) is 6.92 Å². The van der Waals surface area contributed by atoms with E-state index < -0.39 is 7.12 Å². The van der Waals surface area contributed by atoms with Crippen LogP contribution in [0.3, 0.4) is 0 Å². The van der Waals surface area contributed by atoms with Gasteiger partial charge < -0.3 is 10.0 Å². The molecular weight excluding hydrogens is 177 g/mol. The van der Waals surface area contributed by atoms with Crippen molar-refractivity contribution < 1.29 is 10.0 Å². The molecule has 2 N–H and O–H groups in total. The lowest BCUT2D eigenvalue weighted by Gasteiger charge is -2.04. The van der Waals surface area contributed by atoms with Gasteiger partial charge in [0.1, 0.15) is 0 Å². The van der Waals surface area contributed by atoms with Gasteiger partial charge in [-0.25, -0.2) is 0 Å². The maximum absolute atomic E-state index is 9.12.